The number of aryl methyl sites for hydroxylation is 1. The highest BCUT2D eigenvalue weighted by Crippen LogP contribution is 2.42. The van der Waals surface area contributed by atoms with Crippen LogP contribution in [0.25, 0.3) is 5.57 Å². The van der Waals surface area contributed by atoms with E-state index in [1.807, 2.05) is 48.5 Å². The molecule has 0 atom stereocenters. The highest BCUT2D eigenvalue weighted by Gasteiger charge is 2.24. The molecule has 3 heteroatoms. The van der Waals surface area contributed by atoms with Crippen LogP contribution in [0.1, 0.15) is 41.5 Å². The summed E-state index contributed by atoms with van der Waals surface area (Å²) in [6, 6.07) is 20.5. The van der Waals surface area contributed by atoms with Crippen molar-refractivity contribution in [3.05, 3.63) is 124 Å². The van der Waals surface area contributed by atoms with Gasteiger partial charge in [-0.3, -0.25) is 0 Å². The van der Waals surface area contributed by atoms with Gasteiger partial charge >= 0.3 is 0 Å². The number of halogens is 1. The van der Waals surface area contributed by atoms with Crippen LogP contribution in [0.4, 0.5) is 4.39 Å². The van der Waals surface area contributed by atoms with Crippen LogP contribution in [0.3, 0.4) is 0 Å². The molecule has 0 aromatic heterocycles. The Kier molecular flexibility index (Phi) is 5.64. The minimum atomic E-state index is -0.356. The maximum Gasteiger partial charge on any atom is 0.165 e. The van der Waals surface area contributed by atoms with Gasteiger partial charge in [0.15, 0.2) is 11.6 Å². The van der Waals surface area contributed by atoms with Crippen molar-refractivity contribution in [2.75, 3.05) is 0 Å². The molecule has 2 aliphatic carbocycles. The number of allylic oxidation sites excluding steroid dienone is 5. The summed E-state index contributed by atoms with van der Waals surface area (Å²) in [6.45, 7) is 0.333. The predicted octanol–water partition coefficient (Wildman–Crippen LogP) is 7.13. The molecule has 0 aliphatic heterocycles. The largest absolute Gasteiger partial charge is 0.508 e. The van der Waals surface area contributed by atoms with Gasteiger partial charge < -0.3 is 9.84 Å². The summed E-state index contributed by atoms with van der Waals surface area (Å²) in [4.78, 5) is 0. The van der Waals surface area contributed by atoms with Gasteiger partial charge in [-0.05, 0) is 88.9 Å². The molecule has 0 radical (unpaired) electrons. The molecule has 0 unspecified atom stereocenters. The maximum atomic E-state index is 15.2. The number of rotatable bonds is 5. The van der Waals surface area contributed by atoms with Crippen molar-refractivity contribution in [2.24, 2.45) is 0 Å². The number of phenolic OH excluding ortho intramolecular Hbond substituents is 1. The first kappa shape index (κ1) is 20.3. The van der Waals surface area contributed by atoms with Gasteiger partial charge in [0.05, 0.1) is 0 Å². The Morgan fingerprint density at radius 3 is 2.47 bits per heavy atom. The monoisotopic (exact) mass is 424 g/mol. The molecule has 0 saturated carbocycles. The molecule has 2 aliphatic rings. The molecule has 0 fully saturated rings. The van der Waals surface area contributed by atoms with Gasteiger partial charge in [-0.2, -0.15) is 0 Å². The maximum absolute atomic E-state index is 15.2. The average molecular weight is 425 g/mol. The molecule has 1 N–H and O–H groups in total. The van der Waals surface area contributed by atoms with E-state index >= 15 is 4.39 Å². The SMILES string of the molecule is Oc1ccc(C2=C(C3=CCCC=C3)CCc3cc(OCc4ccccc4)c(F)cc32)cc1. The zero-order chi connectivity index (χ0) is 21.9. The van der Waals surface area contributed by atoms with Crippen molar-refractivity contribution in [3.63, 3.8) is 0 Å². The summed E-state index contributed by atoms with van der Waals surface area (Å²) >= 11 is 0. The van der Waals surface area contributed by atoms with Gasteiger partial charge in [-0.1, -0.05) is 60.7 Å². The number of aromatic hydroxyl groups is 1. The summed E-state index contributed by atoms with van der Waals surface area (Å²) in [5.74, 6) is 0.155. The Bertz CT molecular complexity index is 1220. The van der Waals surface area contributed by atoms with Crippen LogP contribution in [-0.4, -0.2) is 5.11 Å². The van der Waals surface area contributed by atoms with Crippen molar-refractivity contribution >= 4 is 5.57 Å². The second-order valence-corrected chi connectivity index (χ2v) is 8.25. The third kappa shape index (κ3) is 4.11. The lowest BCUT2D eigenvalue weighted by Crippen LogP contribution is -2.10. The van der Waals surface area contributed by atoms with Crippen LogP contribution < -0.4 is 4.74 Å². The zero-order valence-corrected chi connectivity index (χ0v) is 17.9. The first-order chi connectivity index (χ1) is 15.7. The van der Waals surface area contributed by atoms with E-state index in [1.54, 1.807) is 18.2 Å². The van der Waals surface area contributed by atoms with E-state index in [0.29, 0.717) is 6.61 Å². The minimum absolute atomic E-state index is 0.222. The second-order valence-electron chi connectivity index (χ2n) is 8.25. The Morgan fingerprint density at radius 2 is 1.72 bits per heavy atom. The van der Waals surface area contributed by atoms with Crippen molar-refractivity contribution in [1.82, 2.24) is 0 Å². The Hall–Kier alpha value is -3.59. The van der Waals surface area contributed by atoms with Gasteiger partial charge in [0.1, 0.15) is 12.4 Å². The van der Waals surface area contributed by atoms with Crippen molar-refractivity contribution < 1.29 is 14.2 Å². The van der Waals surface area contributed by atoms with Crippen LogP contribution >= 0.6 is 0 Å². The van der Waals surface area contributed by atoms with E-state index in [1.165, 1.54) is 11.1 Å². The smallest absolute Gasteiger partial charge is 0.165 e. The molecule has 3 aromatic carbocycles. The molecular weight excluding hydrogens is 399 g/mol. The number of fused-ring (bicyclic) bond motifs is 1. The van der Waals surface area contributed by atoms with Crippen LogP contribution in [0.15, 0.2) is 96.1 Å². The van der Waals surface area contributed by atoms with Gasteiger partial charge in [0.2, 0.25) is 0 Å². The number of ether oxygens (including phenoxy) is 1. The van der Waals surface area contributed by atoms with Crippen molar-refractivity contribution in [3.8, 4) is 11.5 Å². The summed E-state index contributed by atoms with van der Waals surface area (Å²) < 4.78 is 21.0. The summed E-state index contributed by atoms with van der Waals surface area (Å²) in [5, 5.41) is 9.78. The van der Waals surface area contributed by atoms with Crippen LogP contribution in [0.2, 0.25) is 0 Å². The van der Waals surface area contributed by atoms with Crippen molar-refractivity contribution in [2.45, 2.75) is 32.3 Å². The van der Waals surface area contributed by atoms with Crippen LogP contribution in [-0.2, 0) is 13.0 Å². The second kappa shape index (κ2) is 8.88. The first-order valence-corrected chi connectivity index (χ1v) is 11.1. The highest BCUT2D eigenvalue weighted by molar-refractivity contribution is 5.88. The van der Waals surface area contributed by atoms with E-state index in [2.05, 4.69) is 18.2 Å². The Labute approximate surface area is 188 Å². The van der Waals surface area contributed by atoms with E-state index < -0.39 is 0 Å². The third-order valence-corrected chi connectivity index (χ3v) is 6.11. The lowest BCUT2D eigenvalue weighted by molar-refractivity contribution is 0.290. The van der Waals surface area contributed by atoms with Gasteiger partial charge in [0, 0.05) is 0 Å². The standard InChI is InChI=1S/C29H25FO2/c30-27-18-26-23(17-28(27)32-19-20-7-3-1-4-8-20)13-16-25(21-9-5-2-6-10-21)29(26)22-11-14-24(31)15-12-22/h1,3-5,7-12,14-15,17-18,31H,2,6,13,16,19H2. The number of phenols is 1. The molecule has 160 valence electrons. The molecule has 0 bridgehead atoms. The fourth-order valence-electron chi connectivity index (χ4n) is 4.51. The highest BCUT2D eigenvalue weighted by atomic mass is 19.1. The van der Waals surface area contributed by atoms with Gasteiger partial charge in [0.25, 0.3) is 0 Å². The third-order valence-electron chi connectivity index (χ3n) is 6.11. The van der Waals surface area contributed by atoms with E-state index in [9.17, 15) is 5.11 Å². The van der Waals surface area contributed by atoms with Crippen LogP contribution in [0.5, 0.6) is 11.5 Å². The minimum Gasteiger partial charge on any atom is -0.508 e. The van der Waals surface area contributed by atoms with Crippen molar-refractivity contribution in [1.29, 1.82) is 0 Å². The topological polar surface area (TPSA) is 29.5 Å². The normalized spacial score (nSPS) is 15.3. The zero-order valence-electron chi connectivity index (χ0n) is 17.9. The fourth-order valence-corrected chi connectivity index (χ4v) is 4.51. The van der Waals surface area contributed by atoms with E-state index in [4.69, 9.17) is 4.74 Å². The fraction of sp³-hybridized carbons (Fsp3) is 0.172. The average Bonchev–Trinajstić information content (AvgIpc) is 2.84. The molecule has 0 saturated heterocycles. The predicted molar refractivity (Wildman–Crippen MR) is 126 cm³/mol. The first-order valence-electron chi connectivity index (χ1n) is 11.1. The quantitative estimate of drug-likeness (QED) is 0.472. The van der Waals surface area contributed by atoms with Gasteiger partial charge in [-0.15, -0.1) is 0 Å². The molecule has 2 nitrogen and oxygen atoms in total. The lowest BCUT2D eigenvalue weighted by Gasteiger charge is -2.26. The number of hydrogen-bond acceptors (Lipinski definition) is 2. The molecule has 32 heavy (non-hydrogen) atoms. The van der Waals surface area contributed by atoms with Crippen LogP contribution in [0, 0.1) is 5.82 Å². The Balaban J connectivity index is 1.56. The van der Waals surface area contributed by atoms with E-state index in [-0.39, 0.29) is 17.3 Å². The van der Waals surface area contributed by atoms with E-state index in [0.717, 1.165) is 53.5 Å². The van der Waals surface area contributed by atoms with Gasteiger partial charge in [-0.25, -0.2) is 4.39 Å². The number of hydrogen-bond donors (Lipinski definition) is 1. The summed E-state index contributed by atoms with van der Waals surface area (Å²) in [5.41, 5.74) is 7.47. The lowest BCUT2D eigenvalue weighted by atomic mass is 9.78. The molecule has 0 spiro atoms. The molecular formula is C29H25FO2. The summed E-state index contributed by atoms with van der Waals surface area (Å²) in [7, 11) is 0. The molecule has 0 heterocycles. The molecule has 0 amide bonds. The number of benzene rings is 3. The molecule has 5 rings (SSSR count). The summed E-state index contributed by atoms with van der Waals surface area (Å²) in [6.07, 6.45) is 10.4. The Morgan fingerprint density at radius 1 is 0.906 bits per heavy atom. The molecule has 3 aromatic rings.